The molecule has 0 saturated carbocycles. The van der Waals surface area contributed by atoms with Gasteiger partial charge in [-0.05, 0) is 31.0 Å². The predicted molar refractivity (Wildman–Crippen MR) is 121 cm³/mol. The lowest BCUT2D eigenvalue weighted by atomic mass is 10.1. The maximum atomic E-state index is 13.3. The Labute approximate surface area is 186 Å². The molecule has 1 amide bonds. The molecule has 1 fully saturated rings. The third-order valence-electron chi connectivity index (χ3n) is 6.30. The first-order valence-electron chi connectivity index (χ1n) is 11.2. The fraction of sp³-hybridized carbons (Fsp3) is 0.400. The van der Waals surface area contributed by atoms with Crippen molar-refractivity contribution >= 4 is 16.9 Å². The summed E-state index contributed by atoms with van der Waals surface area (Å²) in [6.07, 6.45) is 4.94. The summed E-state index contributed by atoms with van der Waals surface area (Å²) >= 11 is 0. The number of morpholine rings is 1. The van der Waals surface area contributed by atoms with Crippen molar-refractivity contribution in [2.75, 3.05) is 19.7 Å². The Bertz CT molecular complexity index is 1210. The van der Waals surface area contributed by atoms with Crippen LogP contribution in [0.4, 0.5) is 0 Å². The molecule has 5 rings (SSSR count). The molecule has 2 aliphatic rings. The second-order valence-corrected chi connectivity index (χ2v) is 8.55. The van der Waals surface area contributed by atoms with Crippen LogP contribution in [-0.4, -0.2) is 52.3 Å². The van der Waals surface area contributed by atoms with Gasteiger partial charge < -0.3 is 18.9 Å². The molecule has 7 nitrogen and oxygen atoms in total. The topological polar surface area (TPSA) is 73.7 Å². The highest BCUT2D eigenvalue weighted by atomic mass is 16.5. The average Bonchev–Trinajstić information content (AvgIpc) is 3.21. The molecule has 1 saturated heterocycles. The Balaban J connectivity index is 1.47. The summed E-state index contributed by atoms with van der Waals surface area (Å²) in [5.41, 5.74) is 3.02. The lowest BCUT2D eigenvalue weighted by Gasteiger charge is -2.31. The number of carbonyl (C=O) groups is 1. The molecule has 7 heteroatoms. The van der Waals surface area contributed by atoms with E-state index in [1.165, 1.54) is 11.1 Å². The zero-order valence-corrected chi connectivity index (χ0v) is 18.4. The highest BCUT2D eigenvalue weighted by molar-refractivity contribution is 5.97. The molecule has 166 valence electrons. The van der Waals surface area contributed by atoms with Gasteiger partial charge in [0.1, 0.15) is 23.1 Å². The first kappa shape index (κ1) is 20.7. The molecule has 0 N–H and O–H groups in total. The maximum Gasteiger partial charge on any atom is 0.259 e. The quantitative estimate of drug-likeness (QED) is 0.633. The molecule has 1 atom stereocenters. The largest absolute Gasteiger partial charge is 0.488 e. The standard InChI is InChI=1S/C25H27N3O4/c1-3-27-15-22(25(30)28-8-9-31-16(2)14-28)23(29)21-12-20(13-26-24(21)27)32-19-10-17-6-4-5-7-18(17)11-19/h4-7,12-13,15-16,19H,3,8-11,14H2,1-2H3/t16-/m1/s1. The summed E-state index contributed by atoms with van der Waals surface area (Å²) in [6, 6.07) is 10.1. The molecule has 3 heterocycles. The first-order chi connectivity index (χ1) is 15.5. The van der Waals surface area contributed by atoms with Crippen LogP contribution in [0.25, 0.3) is 11.0 Å². The first-order valence-corrected chi connectivity index (χ1v) is 11.2. The van der Waals surface area contributed by atoms with Crippen molar-refractivity contribution in [3.05, 3.63) is 69.6 Å². The zero-order chi connectivity index (χ0) is 22.2. The number of rotatable bonds is 4. The van der Waals surface area contributed by atoms with E-state index in [-0.39, 0.29) is 29.1 Å². The van der Waals surface area contributed by atoms with Gasteiger partial charge in [-0.25, -0.2) is 4.98 Å². The van der Waals surface area contributed by atoms with Gasteiger partial charge in [0.2, 0.25) is 5.43 Å². The number of hydrogen-bond donors (Lipinski definition) is 0. The van der Waals surface area contributed by atoms with Gasteiger partial charge in [0, 0.05) is 38.7 Å². The molecule has 0 spiro atoms. The molecule has 3 aromatic rings. The maximum absolute atomic E-state index is 13.3. The van der Waals surface area contributed by atoms with Gasteiger partial charge >= 0.3 is 0 Å². The van der Waals surface area contributed by atoms with Gasteiger partial charge in [-0.3, -0.25) is 9.59 Å². The number of aromatic nitrogens is 2. The van der Waals surface area contributed by atoms with E-state index in [0.29, 0.717) is 43.0 Å². The minimum absolute atomic E-state index is 0.0136. The molecule has 0 radical (unpaired) electrons. The zero-order valence-electron chi connectivity index (χ0n) is 18.4. The molecular weight excluding hydrogens is 406 g/mol. The van der Waals surface area contributed by atoms with E-state index in [1.807, 2.05) is 30.5 Å². The number of amides is 1. The van der Waals surface area contributed by atoms with Crippen molar-refractivity contribution in [2.24, 2.45) is 0 Å². The van der Waals surface area contributed by atoms with Crippen LogP contribution in [0.15, 0.2) is 47.5 Å². The van der Waals surface area contributed by atoms with E-state index >= 15 is 0 Å². The molecule has 2 aromatic heterocycles. The number of hydrogen-bond acceptors (Lipinski definition) is 5. The summed E-state index contributed by atoms with van der Waals surface area (Å²) in [4.78, 5) is 32.7. The Morgan fingerprint density at radius 1 is 1.25 bits per heavy atom. The summed E-state index contributed by atoms with van der Waals surface area (Å²) < 4.78 is 13.6. The van der Waals surface area contributed by atoms with E-state index in [4.69, 9.17) is 9.47 Å². The predicted octanol–water partition coefficient (Wildman–Crippen LogP) is 2.82. The van der Waals surface area contributed by atoms with E-state index in [1.54, 1.807) is 23.4 Å². The summed E-state index contributed by atoms with van der Waals surface area (Å²) in [7, 11) is 0. The molecule has 1 aromatic carbocycles. The number of aryl methyl sites for hydroxylation is 1. The number of carbonyl (C=O) groups excluding carboxylic acids is 1. The van der Waals surface area contributed by atoms with Crippen LogP contribution < -0.4 is 10.2 Å². The van der Waals surface area contributed by atoms with E-state index in [9.17, 15) is 9.59 Å². The summed E-state index contributed by atoms with van der Waals surface area (Å²) in [5, 5.41) is 0.409. The SMILES string of the molecule is CCn1cc(C(=O)N2CCO[C@H](C)C2)c(=O)c2cc(OC3Cc4ccccc4C3)cnc21. The van der Waals surface area contributed by atoms with Crippen molar-refractivity contribution < 1.29 is 14.3 Å². The van der Waals surface area contributed by atoms with Gasteiger partial charge in [-0.1, -0.05) is 24.3 Å². The third-order valence-corrected chi connectivity index (χ3v) is 6.30. The van der Waals surface area contributed by atoms with Gasteiger partial charge in [0.05, 0.1) is 24.3 Å². The van der Waals surface area contributed by atoms with Crippen LogP contribution >= 0.6 is 0 Å². The van der Waals surface area contributed by atoms with Crippen LogP contribution in [0.3, 0.4) is 0 Å². The Morgan fingerprint density at radius 3 is 2.69 bits per heavy atom. The lowest BCUT2D eigenvalue weighted by Crippen LogP contribution is -2.45. The second kappa shape index (κ2) is 8.39. The normalized spacial score (nSPS) is 18.7. The van der Waals surface area contributed by atoms with E-state index in [2.05, 4.69) is 17.1 Å². The second-order valence-electron chi connectivity index (χ2n) is 8.55. The smallest absolute Gasteiger partial charge is 0.259 e. The summed E-state index contributed by atoms with van der Waals surface area (Å²) in [6.45, 7) is 5.94. The van der Waals surface area contributed by atoms with Crippen LogP contribution in [0.1, 0.15) is 35.3 Å². The highest BCUT2D eigenvalue weighted by Crippen LogP contribution is 2.26. The molecular formula is C25H27N3O4. The fourth-order valence-electron chi connectivity index (χ4n) is 4.68. The molecule has 32 heavy (non-hydrogen) atoms. The Morgan fingerprint density at radius 2 is 2.00 bits per heavy atom. The van der Waals surface area contributed by atoms with E-state index in [0.717, 1.165) is 12.8 Å². The monoisotopic (exact) mass is 433 g/mol. The number of fused-ring (bicyclic) bond motifs is 2. The third kappa shape index (κ3) is 3.77. The minimum atomic E-state index is -0.304. The number of benzene rings is 1. The van der Waals surface area contributed by atoms with Crippen molar-refractivity contribution in [2.45, 2.75) is 45.4 Å². The van der Waals surface area contributed by atoms with Gasteiger partial charge in [-0.2, -0.15) is 0 Å². The lowest BCUT2D eigenvalue weighted by molar-refractivity contribution is -0.0124. The van der Waals surface area contributed by atoms with Crippen LogP contribution in [0.5, 0.6) is 5.75 Å². The minimum Gasteiger partial charge on any atom is -0.488 e. The fourth-order valence-corrected chi connectivity index (χ4v) is 4.68. The van der Waals surface area contributed by atoms with Gasteiger partial charge in [-0.15, -0.1) is 0 Å². The van der Waals surface area contributed by atoms with Gasteiger partial charge in [0.25, 0.3) is 5.91 Å². The van der Waals surface area contributed by atoms with Crippen molar-refractivity contribution in [1.29, 1.82) is 0 Å². The van der Waals surface area contributed by atoms with Crippen LogP contribution in [-0.2, 0) is 24.1 Å². The highest BCUT2D eigenvalue weighted by Gasteiger charge is 2.26. The molecule has 1 aliphatic heterocycles. The number of nitrogens with zero attached hydrogens (tertiary/aromatic N) is 3. The van der Waals surface area contributed by atoms with Crippen LogP contribution in [0.2, 0.25) is 0 Å². The van der Waals surface area contributed by atoms with Crippen molar-refractivity contribution in [3.8, 4) is 5.75 Å². The summed E-state index contributed by atoms with van der Waals surface area (Å²) in [5.74, 6) is 0.298. The van der Waals surface area contributed by atoms with Crippen molar-refractivity contribution in [3.63, 3.8) is 0 Å². The van der Waals surface area contributed by atoms with E-state index < -0.39 is 0 Å². The van der Waals surface area contributed by atoms with Crippen molar-refractivity contribution in [1.82, 2.24) is 14.5 Å². The van der Waals surface area contributed by atoms with Gasteiger partial charge in [0.15, 0.2) is 0 Å². The molecule has 0 bridgehead atoms. The molecule has 1 aliphatic carbocycles. The van der Waals surface area contributed by atoms with Crippen LogP contribution in [0, 0.1) is 0 Å². The molecule has 0 unspecified atom stereocenters. The number of ether oxygens (including phenoxy) is 2. The Hall–Kier alpha value is -3.19. The Kier molecular flexibility index (Phi) is 5.43. The average molecular weight is 434 g/mol. The number of pyridine rings is 2.